The van der Waals surface area contributed by atoms with E-state index in [2.05, 4.69) is 16.0 Å². The lowest BCUT2D eigenvalue weighted by atomic mass is 10.1. The van der Waals surface area contributed by atoms with E-state index in [-0.39, 0.29) is 12.1 Å². The Bertz CT molecular complexity index is 1190. The summed E-state index contributed by atoms with van der Waals surface area (Å²) in [4.78, 5) is 38.5. The first-order valence-corrected chi connectivity index (χ1v) is 9.52. The summed E-state index contributed by atoms with van der Waals surface area (Å²) in [5.41, 5.74) is 4.64. The fourth-order valence-corrected chi connectivity index (χ4v) is 3.65. The summed E-state index contributed by atoms with van der Waals surface area (Å²) in [5.74, 6) is -0.911. The zero-order valence-corrected chi connectivity index (χ0v) is 16.9. The number of aromatic nitrogens is 1. The third kappa shape index (κ3) is 3.45. The van der Waals surface area contributed by atoms with Crippen LogP contribution >= 0.6 is 0 Å². The number of hydrogen-bond acceptors (Lipinski definition) is 4. The van der Waals surface area contributed by atoms with Gasteiger partial charge >= 0.3 is 6.03 Å². The summed E-state index contributed by atoms with van der Waals surface area (Å²) >= 11 is 0. The van der Waals surface area contributed by atoms with Crippen molar-refractivity contribution in [3.63, 3.8) is 0 Å². The molecule has 4 rings (SSSR count). The molecule has 2 aromatic heterocycles. The molecular weight excluding hydrogens is 382 g/mol. The molecule has 1 aromatic carbocycles. The van der Waals surface area contributed by atoms with Gasteiger partial charge in [-0.05, 0) is 68.3 Å². The number of imide groups is 2. The predicted molar refractivity (Wildman–Crippen MR) is 111 cm³/mol. The number of carbonyl (C=O) groups excluding carboxylic acids is 3. The number of urea groups is 1. The maximum atomic E-state index is 12.9. The number of nitrogens with zero attached hydrogens (tertiary/aromatic N) is 2. The molecular formula is C23H21N3O4. The Labute approximate surface area is 173 Å². The molecule has 1 N–H and O–H groups in total. The van der Waals surface area contributed by atoms with Crippen LogP contribution in [0.5, 0.6) is 0 Å². The van der Waals surface area contributed by atoms with Gasteiger partial charge in [0, 0.05) is 17.1 Å². The Morgan fingerprint density at radius 3 is 2.53 bits per heavy atom. The van der Waals surface area contributed by atoms with Crippen LogP contribution in [0, 0.1) is 20.8 Å². The van der Waals surface area contributed by atoms with Crippen LogP contribution in [0.3, 0.4) is 0 Å². The first-order chi connectivity index (χ1) is 14.3. The molecule has 1 aliphatic rings. The van der Waals surface area contributed by atoms with Crippen LogP contribution in [-0.4, -0.2) is 27.3 Å². The molecule has 1 saturated heterocycles. The summed E-state index contributed by atoms with van der Waals surface area (Å²) in [5, 5.41) is 2.23. The van der Waals surface area contributed by atoms with Gasteiger partial charge in [0.2, 0.25) is 0 Å². The van der Waals surface area contributed by atoms with Gasteiger partial charge in [-0.25, -0.2) is 4.79 Å². The third-order valence-electron chi connectivity index (χ3n) is 5.11. The molecule has 3 aromatic rings. The highest BCUT2D eigenvalue weighted by atomic mass is 16.3. The molecule has 4 amide bonds. The molecule has 0 saturated carbocycles. The Hall–Kier alpha value is -3.87. The largest absolute Gasteiger partial charge is 0.467 e. The smallest absolute Gasteiger partial charge is 0.331 e. The van der Waals surface area contributed by atoms with Gasteiger partial charge in [0.05, 0.1) is 12.8 Å². The minimum Gasteiger partial charge on any atom is -0.467 e. The van der Waals surface area contributed by atoms with Crippen molar-refractivity contribution in [2.45, 2.75) is 27.3 Å². The molecule has 3 heterocycles. The molecule has 0 atom stereocenters. The van der Waals surface area contributed by atoms with Crippen LogP contribution in [0.1, 0.15) is 28.3 Å². The van der Waals surface area contributed by atoms with Crippen molar-refractivity contribution >= 4 is 23.9 Å². The van der Waals surface area contributed by atoms with E-state index in [0.717, 1.165) is 33.1 Å². The molecule has 0 bridgehead atoms. The SMILES string of the molecule is Cc1cccc(-n2c(C)cc(/C=C3\C(=O)NC(=O)N(Cc4ccco4)C3=O)c2C)c1. The summed E-state index contributed by atoms with van der Waals surface area (Å²) in [6, 6.07) is 12.6. The van der Waals surface area contributed by atoms with Crippen LogP contribution in [0.25, 0.3) is 11.8 Å². The van der Waals surface area contributed by atoms with E-state index in [1.165, 1.54) is 12.3 Å². The van der Waals surface area contributed by atoms with Gasteiger partial charge in [0.25, 0.3) is 11.8 Å². The highest BCUT2D eigenvalue weighted by molar-refractivity contribution is 6.31. The highest BCUT2D eigenvalue weighted by Crippen LogP contribution is 2.25. The van der Waals surface area contributed by atoms with Gasteiger partial charge < -0.3 is 8.98 Å². The van der Waals surface area contributed by atoms with Gasteiger partial charge in [-0.15, -0.1) is 0 Å². The lowest BCUT2D eigenvalue weighted by Crippen LogP contribution is -2.53. The average Bonchev–Trinajstić information content (AvgIpc) is 3.30. The van der Waals surface area contributed by atoms with E-state index in [0.29, 0.717) is 5.76 Å². The van der Waals surface area contributed by atoms with Gasteiger partial charge in [-0.3, -0.25) is 19.8 Å². The summed E-state index contributed by atoms with van der Waals surface area (Å²) < 4.78 is 7.29. The van der Waals surface area contributed by atoms with Crippen molar-refractivity contribution in [2.75, 3.05) is 0 Å². The second-order valence-corrected chi connectivity index (χ2v) is 7.29. The second-order valence-electron chi connectivity index (χ2n) is 7.29. The number of furan rings is 1. The Balaban J connectivity index is 1.71. The first-order valence-electron chi connectivity index (χ1n) is 9.52. The molecule has 0 radical (unpaired) electrons. The van der Waals surface area contributed by atoms with Crippen molar-refractivity contribution in [1.29, 1.82) is 0 Å². The Morgan fingerprint density at radius 2 is 1.83 bits per heavy atom. The number of barbiturate groups is 1. The molecule has 0 spiro atoms. The molecule has 0 aliphatic carbocycles. The highest BCUT2D eigenvalue weighted by Gasteiger charge is 2.36. The van der Waals surface area contributed by atoms with E-state index in [1.807, 2.05) is 45.0 Å². The summed E-state index contributed by atoms with van der Waals surface area (Å²) in [6.07, 6.45) is 3.00. The standard InChI is InChI=1S/C23H21N3O4/c1-14-6-4-7-18(10-14)26-15(2)11-17(16(26)3)12-20-21(27)24-23(29)25(22(20)28)13-19-8-5-9-30-19/h4-12H,13H2,1-3H3,(H,24,27,29)/b20-12+. The van der Waals surface area contributed by atoms with E-state index >= 15 is 0 Å². The van der Waals surface area contributed by atoms with Crippen LogP contribution < -0.4 is 5.32 Å². The van der Waals surface area contributed by atoms with Crippen LogP contribution in [0.2, 0.25) is 0 Å². The van der Waals surface area contributed by atoms with Crippen molar-refractivity contribution in [2.24, 2.45) is 0 Å². The molecule has 7 heteroatoms. The van der Waals surface area contributed by atoms with Crippen molar-refractivity contribution in [1.82, 2.24) is 14.8 Å². The summed E-state index contributed by atoms with van der Waals surface area (Å²) in [7, 11) is 0. The second kappa shape index (κ2) is 7.51. The number of hydrogen-bond donors (Lipinski definition) is 1. The fourth-order valence-electron chi connectivity index (χ4n) is 3.65. The lowest BCUT2D eigenvalue weighted by molar-refractivity contribution is -0.130. The maximum Gasteiger partial charge on any atom is 0.331 e. The minimum atomic E-state index is -0.760. The number of benzene rings is 1. The number of amides is 4. The van der Waals surface area contributed by atoms with Crippen LogP contribution in [0.15, 0.2) is 58.7 Å². The lowest BCUT2D eigenvalue weighted by Gasteiger charge is -2.25. The van der Waals surface area contributed by atoms with Crippen LogP contribution in [-0.2, 0) is 16.1 Å². The predicted octanol–water partition coefficient (Wildman–Crippen LogP) is 3.66. The fraction of sp³-hybridized carbons (Fsp3) is 0.174. The maximum absolute atomic E-state index is 12.9. The van der Waals surface area contributed by atoms with Crippen molar-refractivity contribution in [3.05, 3.63) is 82.6 Å². The van der Waals surface area contributed by atoms with Gasteiger partial charge in [0.15, 0.2) is 0 Å². The zero-order valence-electron chi connectivity index (χ0n) is 16.9. The number of rotatable bonds is 4. The van der Waals surface area contributed by atoms with E-state index < -0.39 is 17.8 Å². The normalized spacial score (nSPS) is 15.8. The monoisotopic (exact) mass is 403 g/mol. The third-order valence-corrected chi connectivity index (χ3v) is 5.11. The zero-order chi connectivity index (χ0) is 21.4. The number of carbonyl (C=O) groups is 3. The molecule has 152 valence electrons. The van der Waals surface area contributed by atoms with Gasteiger partial charge in [0.1, 0.15) is 11.3 Å². The quantitative estimate of drug-likeness (QED) is 0.532. The summed E-state index contributed by atoms with van der Waals surface area (Å²) in [6.45, 7) is 5.87. The topological polar surface area (TPSA) is 84.6 Å². The number of aryl methyl sites for hydroxylation is 2. The Kier molecular flexibility index (Phi) is 4.87. The van der Waals surface area contributed by atoms with Gasteiger partial charge in [-0.2, -0.15) is 0 Å². The molecule has 1 fully saturated rings. The van der Waals surface area contributed by atoms with E-state index in [4.69, 9.17) is 4.42 Å². The molecule has 7 nitrogen and oxygen atoms in total. The Morgan fingerprint density at radius 1 is 1.03 bits per heavy atom. The molecule has 30 heavy (non-hydrogen) atoms. The van der Waals surface area contributed by atoms with Gasteiger partial charge in [-0.1, -0.05) is 12.1 Å². The van der Waals surface area contributed by atoms with E-state index in [1.54, 1.807) is 12.1 Å². The molecule has 0 unspecified atom stereocenters. The van der Waals surface area contributed by atoms with Crippen molar-refractivity contribution < 1.29 is 18.8 Å². The molecule has 1 aliphatic heterocycles. The van der Waals surface area contributed by atoms with E-state index in [9.17, 15) is 14.4 Å². The average molecular weight is 403 g/mol. The van der Waals surface area contributed by atoms with Crippen molar-refractivity contribution in [3.8, 4) is 5.69 Å². The first kappa shape index (κ1) is 19.4. The van der Waals surface area contributed by atoms with Crippen LogP contribution in [0.4, 0.5) is 4.79 Å². The minimum absolute atomic E-state index is 0.0510. The number of nitrogens with one attached hydrogen (secondary N) is 1.